The van der Waals surface area contributed by atoms with Crippen LogP contribution >= 0.6 is 11.6 Å². The van der Waals surface area contributed by atoms with E-state index >= 15 is 0 Å². The van der Waals surface area contributed by atoms with E-state index in [1.54, 1.807) is 39.0 Å². The van der Waals surface area contributed by atoms with Crippen molar-refractivity contribution in [2.24, 2.45) is 0 Å². The topological polar surface area (TPSA) is 116 Å². The first-order valence-electron chi connectivity index (χ1n) is 8.87. The molecule has 0 aliphatic carbocycles. The number of nitrogens with one attached hydrogen (secondary N) is 1. The summed E-state index contributed by atoms with van der Waals surface area (Å²) < 4.78 is 11.1. The summed E-state index contributed by atoms with van der Waals surface area (Å²) in [5.41, 5.74) is 0.362. The highest BCUT2D eigenvalue weighted by molar-refractivity contribution is 6.31. The number of halogens is 1. The third kappa shape index (κ3) is 3.86. The molecule has 1 atom stereocenters. The van der Waals surface area contributed by atoms with Crippen LogP contribution in [0.5, 0.6) is 0 Å². The zero-order valence-electron chi connectivity index (χ0n) is 16.3. The normalized spacial score (nSPS) is 12.0. The molecule has 0 radical (unpaired) electrons. The van der Waals surface area contributed by atoms with Crippen molar-refractivity contribution in [3.05, 3.63) is 50.7 Å². The minimum atomic E-state index is -0.928. The second-order valence-corrected chi connectivity index (χ2v) is 6.83. The van der Waals surface area contributed by atoms with Gasteiger partial charge in [-0.2, -0.15) is 4.98 Å². The first-order valence-corrected chi connectivity index (χ1v) is 9.25. The average molecular weight is 419 g/mol. The van der Waals surface area contributed by atoms with Gasteiger partial charge in [-0.1, -0.05) is 22.8 Å². The van der Waals surface area contributed by atoms with Crippen LogP contribution in [0.4, 0.5) is 5.69 Å². The number of aryl methyl sites for hydroxylation is 2. The number of carbonyl (C=O) groups excluding carboxylic acids is 2. The molecule has 3 rings (SSSR count). The molecule has 0 aliphatic heterocycles. The SMILES string of the molecule is CCOC(=O)c1noc2nc(C)n(C(C)C(=O)Nc3cc(Cl)ccc3C)c(=O)c12. The first kappa shape index (κ1) is 20.5. The van der Waals surface area contributed by atoms with Crippen molar-refractivity contribution in [1.29, 1.82) is 0 Å². The number of carbonyl (C=O) groups is 2. The molecule has 9 nitrogen and oxygen atoms in total. The van der Waals surface area contributed by atoms with E-state index in [0.717, 1.165) is 5.56 Å². The van der Waals surface area contributed by atoms with Gasteiger partial charge in [0.1, 0.15) is 17.3 Å². The highest BCUT2D eigenvalue weighted by Gasteiger charge is 2.27. The van der Waals surface area contributed by atoms with Crippen LogP contribution in [-0.4, -0.2) is 33.2 Å². The van der Waals surface area contributed by atoms with Gasteiger partial charge in [-0.05, 0) is 45.4 Å². The Kier molecular flexibility index (Phi) is 5.69. The molecule has 0 aliphatic rings. The molecular formula is C19H19ClN4O5. The van der Waals surface area contributed by atoms with Gasteiger partial charge in [-0.15, -0.1) is 0 Å². The Balaban J connectivity index is 2.03. The summed E-state index contributed by atoms with van der Waals surface area (Å²) in [5.74, 6) is -1.01. The molecule has 2 aromatic heterocycles. The third-order valence-electron chi connectivity index (χ3n) is 4.41. The molecule has 152 valence electrons. The molecule has 0 saturated heterocycles. The lowest BCUT2D eigenvalue weighted by Crippen LogP contribution is -2.34. The summed E-state index contributed by atoms with van der Waals surface area (Å²) >= 11 is 6.00. The fourth-order valence-corrected chi connectivity index (χ4v) is 3.07. The van der Waals surface area contributed by atoms with Crippen LogP contribution in [0, 0.1) is 13.8 Å². The Morgan fingerprint density at radius 2 is 2.07 bits per heavy atom. The number of benzene rings is 1. The van der Waals surface area contributed by atoms with Gasteiger partial charge in [-0.25, -0.2) is 4.79 Å². The zero-order chi connectivity index (χ0) is 21.3. The molecule has 1 aromatic carbocycles. The number of nitrogens with zero attached hydrogens (tertiary/aromatic N) is 3. The minimum Gasteiger partial charge on any atom is -0.461 e. The van der Waals surface area contributed by atoms with Crippen molar-refractivity contribution < 1.29 is 18.8 Å². The molecule has 3 aromatic rings. The monoisotopic (exact) mass is 418 g/mol. The summed E-state index contributed by atoms with van der Waals surface area (Å²) in [5, 5.41) is 6.71. The Bertz CT molecular complexity index is 1170. The van der Waals surface area contributed by atoms with Crippen LogP contribution in [0.3, 0.4) is 0 Å². The molecule has 0 spiro atoms. The number of aromatic nitrogens is 3. The maximum Gasteiger partial charge on any atom is 0.361 e. The molecule has 0 fully saturated rings. The molecule has 2 heterocycles. The Hall–Kier alpha value is -3.20. The fourth-order valence-electron chi connectivity index (χ4n) is 2.90. The second kappa shape index (κ2) is 8.04. The van der Waals surface area contributed by atoms with Gasteiger partial charge in [-0.3, -0.25) is 14.2 Å². The first-order chi connectivity index (χ1) is 13.7. The summed E-state index contributed by atoms with van der Waals surface area (Å²) in [4.78, 5) is 42.1. The van der Waals surface area contributed by atoms with Gasteiger partial charge in [0, 0.05) is 10.7 Å². The van der Waals surface area contributed by atoms with Crippen molar-refractivity contribution in [3.63, 3.8) is 0 Å². The molecule has 0 saturated carbocycles. The number of anilines is 1. The average Bonchev–Trinajstić information content (AvgIpc) is 3.08. The van der Waals surface area contributed by atoms with Crippen LogP contribution in [0.15, 0.2) is 27.5 Å². The molecule has 10 heteroatoms. The predicted octanol–water partition coefficient (Wildman–Crippen LogP) is 3.03. The second-order valence-electron chi connectivity index (χ2n) is 6.39. The van der Waals surface area contributed by atoms with Crippen molar-refractivity contribution in [1.82, 2.24) is 14.7 Å². The number of rotatable bonds is 5. The van der Waals surface area contributed by atoms with Gasteiger partial charge in [0.15, 0.2) is 0 Å². The van der Waals surface area contributed by atoms with E-state index in [2.05, 4.69) is 15.5 Å². The quantitative estimate of drug-likeness (QED) is 0.633. The van der Waals surface area contributed by atoms with E-state index in [1.165, 1.54) is 4.57 Å². The van der Waals surface area contributed by atoms with Gasteiger partial charge in [0.25, 0.3) is 11.3 Å². The number of ether oxygens (including phenoxy) is 1. The van der Waals surface area contributed by atoms with Crippen molar-refractivity contribution in [2.45, 2.75) is 33.7 Å². The molecule has 29 heavy (non-hydrogen) atoms. The van der Waals surface area contributed by atoms with Gasteiger partial charge in [0.05, 0.1) is 6.61 Å². The maximum atomic E-state index is 13.1. The summed E-state index contributed by atoms with van der Waals surface area (Å²) in [6, 6.07) is 4.18. The smallest absolute Gasteiger partial charge is 0.361 e. The van der Waals surface area contributed by atoms with E-state index in [0.29, 0.717) is 10.7 Å². The van der Waals surface area contributed by atoms with E-state index in [1.807, 2.05) is 6.92 Å². The van der Waals surface area contributed by atoms with Crippen LogP contribution in [-0.2, 0) is 9.53 Å². The van der Waals surface area contributed by atoms with Gasteiger partial charge in [0.2, 0.25) is 11.6 Å². The minimum absolute atomic E-state index is 0.0925. The lowest BCUT2D eigenvalue weighted by molar-refractivity contribution is -0.118. The predicted molar refractivity (Wildman–Crippen MR) is 106 cm³/mol. The molecule has 0 bridgehead atoms. The Morgan fingerprint density at radius 1 is 1.34 bits per heavy atom. The fraction of sp³-hybridized carbons (Fsp3) is 0.316. The molecule has 1 amide bonds. The van der Waals surface area contributed by atoms with Crippen LogP contribution < -0.4 is 10.9 Å². The largest absolute Gasteiger partial charge is 0.461 e. The standard InChI is InChI=1S/C19H19ClN4O5/c1-5-28-19(27)15-14-17(29-23-15)21-11(4)24(18(14)26)10(3)16(25)22-13-8-12(20)7-6-9(13)2/h6-8,10H,5H2,1-4H3,(H,22,25). The van der Waals surface area contributed by atoms with Crippen molar-refractivity contribution in [2.75, 3.05) is 11.9 Å². The highest BCUT2D eigenvalue weighted by atomic mass is 35.5. The van der Waals surface area contributed by atoms with E-state index in [-0.39, 0.29) is 29.2 Å². The Morgan fingerprint density at radius 3 is 2.76 bits per heavy atom. The lowest BCUT2D eigenvalue weighted by Gasteiger charge is -2.18. The summed E-state index contributed by atoms with van der Waals surface area (Å²) in [6.45, 7) is 6.67. The number of esters is 1. The third-order valence-corrected chi connectivity index (χ3v) is 4.65. The zero-order valence-corrected chi connectivity index (χ0v) is 17.0. The maximum absolute atomic E-state index is 13.1. The molecular weight excluding hydrogens is 400 g/mol. The van der Waals surface area contributed by atoms with Crippen LogP contribution in [0.2, 0.25) is 5.02 Å². The van der Waals surface area contributed by atoms with Crippen LogP contribution in [0.25, 0.3) is 11.1 Å². The number of hydrogen-bond acceptors (Lipinski definition) is 7. The van der Waals surface area contributed by atoms with E-state index in [4.69, 9.17) is 20.9 Å². The van der Waals surface area contributed by atoms with Crippen LogP contribution in [0.1, 0.15) is 41.8 Å². The Labute approximate surface area is 170 Å². The number of hydrogen-bond donors (Lipinski definition) is 1. The molecule has 1 unspecified atom stereocenters. The highest BCUT2D eigenvalue weighted by Crippen LogP contribution is 2.22. The summed E-state index contributed by atoms with van der Waals surface area (Å²) in [7, 11) is 0. The summed E-state index contributed by atoms with van der Waals surface area (Å²) in [6.07, 6.45) is 0. The van der Waals surface area contributed by atoms with E-state index in [9.17, 15) is 14.4 Å². The lowest BCUT2D eigenvalue weighted by atomic mass is 10.2. The molecule has 1 N–H and O–H groups in total. The van der Waals surface area contributed by atoms with E-state index < -0.39 is 23.5 Å². The van der Waals surface area contributed by atoms with Crippen molar-refractivity contribution in [3.8, 4) is 0 Å². The van der Waals surface area contributed by atoms with Gasteiger partial charge < -0.3 is 14.6 Å². The van der Waals surface area contributed by atoms with Gasteiger partial charge >= 0.3 is 5.97 Å². The van der Waals surface area contributed by atoms with Crippen molar-refractivity contribution >= 4 is 40.3 Å². The number of fused-ring (bicyclic) bond motifs is 1. The number of amides is 1.